The van der Waals surface area contributed by atoms with E-state index in [1.54, 1.807) is 0 Å². The number of rotatable bonds is 6. The van der Waals surface area contributed by atoms with Gasteiger partial charge in [-0.25, -0.2) is 22.9 Å². The van der Waals surface area contributed by atoms with Gasteiger partial charge in [0.2, 0.25) is 0 Å². The van der Waals surface area contributed by atoms with E-state index in [0.717, 1.165) is 35.4 Å². The van der Waals surface area contributed by atoms with E-state index < -0.39 is 50.5 Å². The van der Waals surface area contributed by atoms with Crippen LogP contribution in [0.25, 0.3) is 0 Å². The van der Waals surface area contributed by atoms with Crippen molar-refractivity contribution in [1.82, 2.24) is 10.2 Å². The van der Waals surface area contributed by atoms with E-state index in [0.29, 0.717) is 11.0 Å². The number of nitriles is 2. The summed E-state index contributed by atoms with van der Waals surface area (Å²) in [6, 6.07) is 3.58. The summed E-state index contributed by atoms with van der Waals surface area (Å²) in [5.74, 6) is 3.92. The van der Waals surface area contributed by atoms with Crippen molar-refractivity contribution in [2.24, 2.45) is 5.92 Å². The molecule has 14 heteroatoms. The van der Waals surface area contributed by atoms with Crippen LogP contribution in [0.4, 0.5) is 28.4 Å². The Morgan fingerprint density at radius 3 is 2.55 bits per heavy atom. The molecule has 3 rings (SSSR count). The first-order valence-corrected chi connectivity index (χ1v) is 13.4. The molecule has 40 heavy (non-hydrogen) atoms. The van der Waals surface area contributed by atoms with Gasteiger partial charge in [0.25, 0.3) is 0 Å². The molecule has 0 saturated carbocycles. The predicted octanol–water partition coefficient (Wildman–Crippen LogP) is 3.48. The molecule has 1 heterocycles. The molecule has 1 unspecified atom stereocenters. The van der Waals surface area contributed by atoms with Gasteiger partial charge in [0.15, 0.2) is 9.84 Å². The van der Waals surface area contributed by atoms with E-state index in [2.05, 4.69) is 17.2 Å². The number of alkyl halides is 3. The van der Waals surface area contributed by atoms with Crippen molar-refractivity contribution in [1.29, 1.82) is 10.5 Å². The molecule has 208 valence electrons. The quantitative estimate of drug-likeness (QED) is 0.405. The number of sulfone groups is 1. The third kappa shape index (κ3) is 6.01. The smallest absolute Gasteiger partial charge is 0.383 e. The third-order valence-electron chi connectivity index (χ3n) is 5.91. The van der Waals surface area contributed by atoms with Crippen molar-refractivity contribution in [2.45, 2.75) is 19.1 Å². The number of benzene rings is 1. The number of ether oxygens (including phenoxy) is 1. The lowest BCUT2D eigenvalue weighted by atomic mass is 9.92. The maximum absolute atomic E-state index is 13.9. The van der Waals surface area contributed by atoms with E-state index in [4.69, 9.17) is 4.74 Å². The highest BCUT2D eigenvalue weighted by Crippen LogP contribution is 2.39. The SMILES string of the molecule is COCCNC(=O)N1C(=O)N(c2cccc(C(F)(F)F)c2)C(C)=C(C#N)[C@H]1C1=CC#CC(C#N)C=C1S(C)(=O)=O. The first-order chi connectivity index (χ1) is 18.8. The van der Waals surface area contributed by atoms with Gasteiger partial charge in [-0.05, 0) is 37.3 Å². The Kier molecular flexibility index (Phi) is 8.74. The Labute approximate surface area is 228 Å². The molecule has 0 radical (unpaired) electrons. The number of nitrogens with one attached hydrogen (secondary N) is 1. The first-order valence-electron chi connectivity index (χ1n) is 11.5. The Bertz CT molecular complexity index is 1590. The summed E-state index contributed by atoms with van der Waals surface area (Å²) in [5, 5.41) is 22.0. The van der Waals surface area contributed by atoms with Crippen LogP contribution in [0.2, 0.25) is 0 Å². The lowest BCUT2D eigenvalue weighted by Gasteiger charge is -2.41. The number of allylic oxidation sites excluding steroid dienone is 3. The molecule has 1 aliphatic heterocycles. The number of hydrogen-bond acceptors (Lipinski definition) is 7. The molecule has 0 aromatic heterocycles. The highest BCUT2D eigenvalue weighted by Gasteiger charge is 2.46. The first kappa shape index (κ1) is 30.0. The minimum atomic E-state index is -4.75. The van der Waals surface area contributed by atoms with Crippen LogP contribution in [0, 0.1) is 40.4 Å². The number of anilines is 1. The average molecular weight is 574 g/mol. The van der Waals surface area contributed by atoms with Crippen LogP contribution in [0.5, 0.6) is 0 Å². The summed E-state index contributed by atoms with van der Waals surface area (Å²) in [6.07, 6.45) is -1.75. The highest BCUT2D eigenvalue weighted by atomic mass is 32.2. The summed E-state index contributed by atoms with van der Waals surface area (Å²) in [4.78, 5) is 28.1. The largest absolute Gasteiger partial charge is 0.416 e. The van der Waals surface area contributed by atoms with E-state index in [9.17, 15) is 41.7 Å². The molecule has 1 aliphatic carbocycles. The van der Waals surface area contributed by atoms with Crippen LogP contribution in [0.15, 0.2) is 58.2 Å². The van der Waals surface area contributed by atoms with Crippen molar-refractivity contribution in [3.05, 3.63) is 63.7 Å². The molecule has 4 amide bonds. The molecule has 0 fully saturated rings. The van der Waals surface area contributed by atoms with Crippen molar-refractivity contribution in [3.63, 3.8) is 0 Å². The number of carbonyl (C=O) groups excluding carboxylic acids is 2. The van der Waals surface area contributed by atoms with E-state index >= 15 is 0 Å². The monoisotopic (exact) mass is 573 g/mol. The van der Waals surface area contributed by atoms with Gasteiger partial charge in [0.05, 0.1) is 40.5 Å². The summed E-state index contributed by atoms with van der Waals surface area (Å²) in [7, 11) is -2.75. The number of methoxy groups -OCH3 is 1. The Morgan fingerprint density at radius 2 is 1.98 bits per heavy atom. The van der Waals surface area contributed by atoms with Gasteiger partial charge < -0.3 is 10.1 Å². The summed E-state index contributed by atoms with van der Waals surface area (Å²) in [5.41, 5.74) is -2.04. The fourth-order valence-corrected chi connectivity index (χ4v) is 5.09. The number of carbonyl (C=O) groups is 2. The molecule has 1 aromatic carbocycles. The van der Waals surface area contributed by atoms with Gasteiger partial charge in [-0.3, -0.25) is 4.90 Å². The molecular formula is C26H22F3N5O5S. The van der Waals surface area contributed by atoms with Gasteiger partial charge in [-0.1, -0.05) is 17.9 Å². The molecule has 1 aromatic rings. The Hall–Kier alpha value is -4.58. The van der Waals surface area contributed by atoms with Crippen molar-refractivity contribution in [2.75, 3.05) is 31.4 Å². The van der Waals surface area contributed by atoms with Gasteiger partial charge in [-0.2, -0.15) is 23.7 Å². The predicted molar refractivity (Wildman–Crippen MR) is 136 cm³/mol. The number of halogens is 3. The molecule has 2 atom stereocenters. The standard InChI is InChI=1S/C26H22F3N5O5S/c1-16-21(15-31)23(20-9-4-6-17(14-30)12-22(20)40(3,37)38)34(24(35)32-10-11-39-2)25(36)33(16)19-8-5-7-18(13-19)26(27,28)29/h5,7-9,12-13,17,23H,10-11H2,1-3H3,(H,32,35)/t17?,23-/m1/s1. The zero-order chi connectivity index (χ0) is 29.8. The molecule has 10 nitrogen and oxygen atoms in total. The summed E-state index contributed by atoms with van der Waals surface area (Å²) >= 11 is 0. The maximum Gasteiger partial charge on any atom is 0.416 e. The number of imide groups is 1. The lowest BCUT2D eigenvalue weighted by Crippen LogP contribution is -2.59. The zero-order valence-corrected chi connectivity index (χ0v) is 22.2. The molecule has 0 saturated heterocycles. The molecule has 1 N–H and O–H groups in total. The van der Waals surface area contributed by atoms with E-state index in [1.165, 1.54) is 20.1 Å². The van der Waals surface area contributed by atoms with Crippen LogP contribution in [0.3, 0.4) is 0 Å². The second-order valence-corrected chi connectivity index (χ2v) is 10.6. The topological polar surface area (TPSA) is 144 Å². The fraction of sp³-hybridized carbons (Fsp3) is 0.308. The van der Waals surface area contributed by atoms with Gasteiger partial charge >= 0.3 is 18.2 Å². The second-order valence-electron chi connectivity index (χ2n) is 8.57. The van der Waals surface area contributed by atoms with Gasteiger partial charge in [0.1, 0.15) is 12.0 Å². The van der Waals surface area contributed by atoms with E-state index in [-0.39, 0.29) is 35.7 Å². The van der Waals surface area contributed by atoms with Gasteiger partial charge in [-0.15, -0.1) is 0 Å². The Morgan fingerprint density at radius 1 is 1.27 bits per heavy atom. The lowest BCUT2D eigenvalue weighted by molar-refractivity contribution is -0.137. The minimum absolute atomic E-state index is 0.0300. The number of hydrogen-bond donors (Lipinski definition) is 1. The minimum Gasteiger partial charge on any atom is -0.383 e. The van der Waals surface area contributed by atoms with Crippen molar-refractivity contribution in [3.8, 4) is 24.0 Å². The highest BCUT2D eigenvalue weighted by molar-refractivity contribution is 7.94. The number of amides is 4. The maximum atomic E-state index is 13.9. The Balaban J connectivity index is 2.32. The molecular weight excluding hydrogens is 551 g/mol. The van der Waals surface area contributed by atoms with Crippen LogP contribution in [0.1, 0.15) is 12.5 Å². The molecule has 0 bridgehead atoms. The summed E-state index contributed by atoms with van der Waals surface area (Å²) < 4.78 is 70.9. The van der Waals surface area contributed by atoms with Gasteiger partial charge in [0, 0.05) is 31.2 Å². The number of urea groups is 2. The van der Waals surface area contributed by atoms with E-state index in [1.807, 2.05) is 12.1 Å². The van der Waals surface area contributed by atoms with Crippen LogP contribution in [-0.2, 0) is 20.8 Å². The fourth-order valence-electron chi connectivity index (χ4n) is 4.11. The number of nitrogens with zero attached hydrogens (tertiary/aromatic N) is 4. The van der Waals surface area contributed by atoms with Crippen molar-refractivity contribution < 1.29 is 35.9 Å². The third-order valence-corrected chi connectivity index (χ3v) is 7.08. The second kappa shape index (κ2) is 11.7. The van der Waals surface area contributed by atoms with Crippen LogP contribution < -0.4 is 10.2 Å². The molecule has 0 spiro atoms. The van der Waals surface area contributed by atoms with Crippen LogP contribution in [-0.4, -0.2) is 57.9 Å². The normalized spacial score (nSPS) is 19.4. The summed E-state index contributed by atoms with van der Waals surface area (Å²) in [6.45, 7) is 1.22. The van der Waals surface area contributed by atoms with Crippen LogP contribution >= 0.6 is 0 Å². The zero-order valence-electron chi connectivity index (χ0n) is 21.4. The van der Waals surface area contributed by atoms with Crippen molar-refractivity contribution >= 4 is 27.6 Å². The average Bonchev–Trinajstić information content (AvgIpc) is 3.11. The molecule has 2 aliphatic rings.